The Morgan fingerprint density at radius 3 is 2.70 bits per heavy atom. The molecule has 140 valence electrons. The SMILES string of the molecule is O=C(NC(CN1C(=O)COC1=O)c1ccccc1)c1noc2c1CCCC2. The van der Waals surface area contributed by atoms with Crippen molar-refractivity contribution in [2.24, 2.45) is 0 Å². The minimum atomic E-state index is -0.700. The zero-order valence-corrected chi connectivity index (χ0v) is 14.6. The number of carbonyl (C=O) groups excluding carboxylic acids is 3. The molecule has 8 nitrogen and oxygen atoms in total. The summed E-state index contributed by atoms with van der Waals surface area (Å²) in [7, 11) is 0. The lowest BCUT2D eigenvalue weighted by atomic mass is 9.96. The minimum Gasteiger partial charge on any atom is -0.439 e. The van der Waals surface area contributed by atoms with E-state index in [0.29, 0.717) is 0 Å². The van der Waals surface area contributed by atoms with Crippen LogP contribution in [0.15, 0.2) is 34.9 Å². The van der Waals surface area contributed by atoms with Crippen molar-refractivity contribution < 1.29 is 23.6 Å². The van der Waals surface area contributed by atoms with Crippen LogP contribution in [0.25, 0.3) is 0 Å². The summed E-state index contributed by atoms with van der Waals surface area (Å²) >= 11 is 0. The molecule has 0 spiro atoms. The van der Waals surface area contributed by atoms with Crippen LogP contribution in [0.4, 0.5) is 4.79 Å². The highest BCUT2D eigenvalue weighted by Crippen LogP contribution is 2.25. The summed E-state index contributed by atoms with van der Waals surface area (Å²) in [5.41, 5.74) is 1.90. The zero-order chi connectivity index (χ0) is 18.8. The fraction of sp³-hybridized carbons (Fsp3) is 0.368. The predicted octanol–water partition coefficient (Wildman–Crippen LogP) is 2.00. The Hall–Kier alpha value is -3.16. The highest BCUT2D eigenvalue weighted by atomic mass is 16.6. The maximum atomic E-state index is 12.8. The summed E-state index contributed by atoms with van der Waals surface area (Å²) in [5, 5.41) is 6.84. The van der Waals surface area contributed by atoms with Crippen LogP contribution >= 0.6 is 0 Å². The second kappa shape index (κ2) is 7.22. The van der Waals surface area contributed by atoms with Crippen LogP contribution < -0.4 is 5.32 Å². The van der Waals surface area contributed by atoms with E-state index < -0.39 is 18.0 Å². The number of fused-ring (bicyclic) bond motifs is 1. The van der Waals surface area contributed by atoms with Crippen molar-refractivity contribution >= 4 is 17.9 Å². The molecule has 2 heterocycles. The molecular weight excluding hydrogens is 350 g/mol. The Bertz CT molecular complexity index is 861. The Labute approximate surface area is 155 Å². The molecule has 1 saturated heterocycles. The number of rotatable bonds is 5. The molecule has 0 saturated carbocycles. The number of aromatic nitrogens is 1. The molecule has 1 aliphatic heterocycles. The molecule has 8 heteroatoms. The summed E-state index contributed by atoms with van der Waals surface area (Å²) in [4.78, 5) is 37.6. The summed E-state index contributed by atoms with van der Waals surface area (Å²) < 4.78 is 10.1. The average molecular weight is 369 g/mol. The molecule has 1 aromatic carbocycles. The lowest BCUT2D eigenvalue weighted by Crippen LogP contribution is -2.40. The number of hydrogen-bond acceptors (Lipinski definition) is 6. The Morgan fingerprint density at radius 1 is 1.19 bits per heavy atom. The third kappa shape index (κ3) is 3.42. The quantitative estimate of drug-likeness (QED) is 0.865. The van der Waals surface area contributed by atoms with E-state index in [2.05, 4.69) is 10.5 Å². The zero-order valence-electron chi connectivity index (χ0n) is 14.6. The second-order valence-electron chi connectivity index (χ2n) is 6.64. The van der Waals surface area contributed by atoms with Gasteiger partial charge in [-0.1, -0.05) is 35.5 Å². The molecule has 3 amide bonds. The second-order valence-corrected chi connectivity index (χ2v) is 6.64. The highest BCUT2D eigenvalue weighted by molar-refractivity contribution is 5.98. The largest absolute Gasteiger partial charge is 0.439 e. The Morgan fingerprint density at radius 2 is 1.96 bits per heavy atom. The van der Waals surface area contributed by atoms with Crippen molar-refractivity contribution in [3.8, 4) is 0 Å². The first kappa shape index (κ1) is 17.3. The molecule has 2 aromatic rings. The molecule has 4 rings (SSSR count). The van der Waals surface area contributed by atoms with Crippen molar-refractivity contribution in [1.82, 2.24) is 15.4 Å². The molecule has 1 N–H and O–H groups in total. The molecule has 27 heavy (non-hydrogen) atoms. The van der Waals surface area contributed by atoms with Crippen LogP contribution in [-0.2, 0) is 22.4 Å². The molecule has 0 radical (unpaired) electrons. The molecule has 1 unspecified atom stereocenters. The van der Waals surface area contributed by atoms with E-state index >= 15 is 0 Å². The number of carbonyl (C=O) groups is 3. The third-order valence-corrected chi connectivity index (χ3v) is 4.88. The lowest BCUT2D eigenvalue weighted by molar-refractivity contribution is -0.126. The van der Waals surface area contributed by atoms with E-state index in [1.165, 1.54) is 0 Å². The molecule has 0 bridgehead atoms. The molecule has 1 fully saturated rings. The summed E-state index contributed by atoms with van der Waals surface area (Å²) in [6, 6.07) is 8.59. The van der Waals surface area contributed by atoms with Gasteiger partial charge in [0.1, 0.15) is 5.76 Å². The van der Waals surface area contributed by atoms with Crippen molar-refractivity contribution in [2.45, 2.75) is 31.7 Å². The van der Waals surface area contributed by atoms with E-state index in [1.54, 1.807) is 0 Å². The number of amides is 3. The normalized spacial score (nSPS) is 17.4. The molecule has 1 aromatic heterocycles. The minimum absolute atomic E-state index is 0.00649. The standard InChI is InChI=1S/C19H19N3O5/c23-16-11-26-19(25)22(16)10-14(12-6-2-1-3-7-12)20-18(24)17-13-8-4-5-9-15(13)27-21-17/h1-3,6-7,14H,4-5,8-11H2,(H,20,24). The number of cyclic esters (lactones) is 1. The van der Waals surface area contributed by atoms with Gasteiger partial charge in [-0.3, -0.25) is 9.59 Å². The van der Waals surface area contributed by atoms with Crippen LogP contribution in [0.1, 0.15) is 46.3 Å². The first-order valence-electron chi connectivity index (χ1n) is 8.94. The first-order valence-corrected chi connectivity index (χ1v) is 8.94. The number of nitrogens with one attached hydrogen (secondary N) is 1. The smallest absolute Gasteiger partial charge is 0.417 e. The predicted molar refractivity (Wildman–Crippen MR) is 92.9 cm³/mol. The van der Waals surface area contributed by atoms with Gasteiger partial charge in [0, 0.05) is 12.0 Å². The average Bonchev–Trinajstić information content (AvgIpc) is 3.26. The van der Waals surface area contributed by atoms with Gasteiger partial charge in [0.15, 0.2) is 12.3 Å². The molecule has 2 aliphatic rings. The van der Waals surface area contributed by atoms with Gasteiger partial charge in [-0.05, 0) is 24.8 Å². The van der Waals surface area contributed by atoms with Crippen LogP contribution in [0.3, 0.4) is 0 Å². The third-order valence-electron chi connectivity index (χ3n) is 4.88. The maximum Gasteiger partial charge on any atom is 0.417 e. The van der Waals surface area contributed by atoms with Gasteiger partial charge in [0.2, 0.25) is 0 Å². The summed E-state index contributed by atoms with van der Waals surface area (Å²) in [6.07, 6.45) is 2.86. The molecular formula is C19H19N3O5. The van der Waals surface area contributed by atoms with Gasteiger partial charge in [-0.15, -0.1) is 0 Å². The van der Waals surface area contributed by atoms with Crippen LogP contribution in [0, 0.1) is 0 Å². The van der Waals surface area contributed by atoms with Crippen molar-refractivity contribution in [2.75, 3.05) is 13.2 Å². The fourth-order valence-corrected chi connectivity index (χ4v) is 3.45. The fourth-order valence-electron chi connectivity index (χ4n) is 3.45. The monoisotopic (exact) mass is 369 g/mol. The van der Waals surface area contributed by atoms with E-state index in [0.717, 1.165) is 47.5 Å². The van der Waals surface area contributed by atoms with E-state index in [4.69, 9.17) is 9.26 Å². The van der Waals surface area contributed by atoms with Crippen LogP contribution in [-0.4, -0.2) is 41.1 Å². The van der Waals surface area contributed by atoms with Gasteiger partial charge in [-0.2, -0.15) is 0 Å². The summed E-state index contributed by atoms with van der Waals surface area (Å²) in [5.74, 6) is -0.0364. The van der Waals surface area contributed by atoms with Gasteiger partial charge >= 0.3 is 6.09 Å². The number of imide groups is 1. The highest BCUT2D eigenvalue weighted by Gasteiger charge is 2.34. The number of benzene rings is 1. The van der Waals surface area contributed by atoms with Gasteiger partial charge in [0.05, 0.1) is 12.6 Å². The number of hydrogen-bond donors (Lipinski definition) is 1. The first-order chi connectivity index (χ1) is 13.1. The lowest BCUT2D eigenvalue weighted by Gasteiger charge is -2.22. The number of nitrogens with zero attached hydrogens (tertiary/aromatic N) is 2. The van der Waals surface area contributed by atoms with Crippen LogP contribution in [0.2, 0.25) is 0 Å². The number of ether oxygens (including phenoxy) is 1. The van der Waals surface area contributed by atoms with E-state index in [1.807, 2.05) is 30.3 Å². The van der Waals surface area contributed by atoms with Gasteiger partial charge < -0.3 is 14.6 Å². The Kier molecular flexibility index (Phi) is 4.62. The number of aryl methyl sites for hydroxylation is 1. The van der Waals surface area contributed by atoms with Crippen molar-refractivity contribution in [3.05, 3.63) is 52.9 Å². The van der Waals surface area contributed by atoms with Crippen molar-refractivity contribution in [3.63, 3.8) is 0 Å². The summed E-state index contributed by atoms with van der Waals surface area (Å²) in [6.45, 7) is -0.279. The molecule has 1 aliphatic carbocycles. The van der Waals surface area contributed by atoms with E-state index in [-0.39, 0.29) is 24.8 Å². The van der Waals surface area contributed by atoms with Crippen molar-refractivity contribution in [1.29, 1.82) is 0 Å². The maximum absolute atomic E-state index is 12.8. The molecule has 1 atom stereocenters. The van der Waals surface area contributed by atoms with Gasteiger partial charge in [-0.25, -0.2) is 9.69 Å². The Balaban J connectivity index is 1.57. The van der Waals surface area contributed by atoms with Crippen LogP contribution in [0.5, 0.6) is 0 Å². The van der Waals surface area contributed by atoms with Gasteiger partial charge in [0.25, 0.3) is 11.8 Å². The van der Waals surface area contributed by atoms with E-state index in [9.17, 15) is 14.4 Å². The topological polar surface area (TPSA) is 102 Å².